The first-order valence-corrected chi connectivity index (χ1v) is 3.77. The summed E-state index contributed by atoms with van der Waals surface area (Å²) in [6.07, 6.45) is 0.735. The first-order valence-electron chi connectivity index (χ1n) is 3.77. The minimum absolute atomic E-state index is 0.142. The lowest BCUT2D eigenvalue weighted by atomic mass is 10.0. The number of rotatable bonds is 1. The van der Waals surface area contributed by atoms with Gasteiger partial charge in [0.05, 0.1) is 6.10 Å². The number of aliphatic hydroxyl groups excluding tert-OH is 1. The van der Waals surface area contributed by atoms with Gasteiger partial charge in [0.1, 0.15) is 0 Å². The largest absolute Gasteiger partial charge is 0.391 e. The standard InChI is InChI=1S/C7H16N2O/c1-9(2)6-5-8-4-3-7(6)10/h6-8,10H,3-5H2,1-2H3/t6-,7+/m1/s1. The van der Waals surface area contributed by atoms with Crippen molar-refractivity contribution in [2.75, 3.05) is 27.2 Å². The summed E-state index contributed by atoms with van der Waals surface area (Å²) in [5.74, 6) is 0. The van der Waals surface area contributed by atoms with Gasteiger partial charge in [-0.1, -0.05) is 0 Å². The third-order valence-electron chi connectivity index (χ3n) is 2.08. The molecule has 0 spiro atoms. The molecule has 3 nitrogen and oxygen atoms in total. The first kappa shape index (κ1) is 7.98. The van der Waals surface area contributed by atoms with Crippen LogP contribution in [-0.4, -0.2) is 49.3 Å². The Hall–Kier alpha value is -0.120. The third-order valence-corrected chi connectivity index (χ3v) is 2.08. The smallest absolute Gasteiger partial charge is 0.0719 e. The highest BCUT2D eigenvalue weighted by Gasteiger charge is 2.23. The summed E-state index contributed by atoms with van der Waals surface area (Å²) in [6.45, 7) is 1.86. The monoisotopic (exact) mass is 144 g/mol. The van der Waals surface area contributed by atoms with Crippen molar-refractivity contribution in [1.29, 1.82) is 0 Å². The van der Waals surface area contributed by atoms with E-state index in [0.717, 1.165) is 19.5 Å². The first-order chi connectivity index (χ1) is 4.72. The summed E-state index contributed by atoms with van der Waals surface area (Å²) in [5.41, 5.74) is 0. The van der Waals surface area contributed by atoms with Crippen LogP contribution in [0, 0.1) is 0 Å². The van der Waals surface area contributed by atoms with Crippen LogP contribution in [0.3, 0.4) is 0 Å². The molecule has 2 atom stereocenters. The van der Waals surface area contributed by atoms with Crippen LogP contribution in [-0.2, 0) is 0 Å². The molecule has 0 radical (unpaired) electrons. The Morgan fingerprint density at radius 2 is 2.20 bits per heavy atom. The van der Waals surface area contributed by atoms with Crippen molar-refractivity contribution in [3.05, 3.63) is 0 Å². The zero-order chi connectivity index (χ0) is 7.56. The lowest BCUT2D eigenvalue weighted by molar-refractivity contribution is 0.0523. The summed E-state index contributed by atoms with van der Waals surface area (Å²) in [5, 5.41) is 12.7. The lowest BCUT2D eigenvalue weighted by Gasteiger charge is -2.33. The van der Waals surface area contributed by atoms with E-state index in [4.69, 9.17) is 0 Å². The molecule has 0 aliphatic carbocycles. The van der Waals surface area contributed by atoms with Gasteiger partial charge in [0, 0.05) is 12.6 Å². The van der Waals surface area contributed by atoms with E-state index in [9.17, 15) is 5.11 Å². The molecule has 2 N–H and O–H groups in total. The van der Waals surface area contributed by atoms with E-state index in [1.807, 2.05) is 14.1 Å². The quantitative estimate of drug-likeness (QED) is 0.509. The van der Waals surface area contributed by atoms with Crippen molar-refractivity contribution in [2.45, 2.75) is 18.6 Å². The van der Waals surface area contributed by atoms with Crippen LogP contribution < -0.4 is 5.32 Å². The molecule has 1 fully saturated rings. The average Bonchev–Trinajstić information content (AvgIpc) is 1.88. The molecule has 60 valence electrons. The van der Waals surface area contributed by atoms with Crippen LogP contribution in [0.15, 0.2) is 0 Å². The fourth-order valence-electron chi connectivity index (χ4n) is 1.36. The zero-order valence-corrected chi connectivity index (χ0v) is 6.67. The Morgan fingerprint density at radius 1 is 1.50 bits per heavy atom. The van der Waals surface area contributed by atoms with E-state index < -0.39 is 0 Å². The number of hydrogen-bond donors (Lipinski definition) is 2. The van der Waals surface area contributed by atoms with Crippen LogP contribution >= 0.6 is 0 Å². The van der Waals surface area contributed by atoms with Gasteiger partial charge in [0.15, 0.2) is 0 Å². The molecule has 1 saturated heterocycles. The second kappa shape index (κ2) is 3.32. The second-order valence-corrected chi connectivity index (χ2v) is 3.09. The van der Waals surface area contributed by atoms with Gasteiger partial charge >= 0.3 is 0 Å². The molecule has 0 saturated carbocycles. The van der Waals surface area contributed by atoms with Crippen molar-refractivity contribution < 1.29 is 5.11 Å². The van der Waals surface area contributed by atoms with E-state index in [2.05, 4.69) is 10.2 Å². The number of nitrogens with zero attached hydrogens (tertiary/aromatic N) is 1. The summed E-state index contributed by atoms with van der Waals surface area (Å²) >= 11 is 0. The Labute approximate surface area is 62.0 Å². The molecule has 3 heteroatoms. The molecule has 10 heavy (non-hydrogen) atoms. The van der Waals surface area contributed by atoms with Crippen LogP contribution in [0.2, 0.25) is 0 Å². The summed E-state index contributed by atoms with van der Waals surface area (Å²) in [4.78, 5) is 2.07. The highest BCUT2D eigenvalue weighted by atomic mass is 16.3. The molecule has 0 amide bonds. The maximum Gasteiger partial charge on any atom is 0.0719 e. The van der Waals surface area contributed by atoms with Crippen molar-refractivity contribution in [3.63, 3.8) is 0 Å². The van der Waals surface area contributed by atoms with Gasteiger partial charge in [0.2, 0.25) is 0 Å². The molecule has 0 aromatic carbocycles. The highest BCUT2D eigenvalue weighted by Crippen LogP contribution is 2.07. The number of aliphatic hydroxyl groups is 1. The third kappa shape index (κ3) is 1.68. The zero-order valence-electron chi connectivity index (χ0n) is 6.67. The molecule has 0 bridgehead atoms. The molecule has 1 aliphatic rings. The summed E-state index contributed by atoms with van der Waals surface area (Å²) in [6, 6.07) is 0.300. The number of likely N-dealkylation sites (N-methyl/N-ethyl adjacent to an activating group) is 1. The van der Waals surface area contributed by atoms with Gasteiger partial charge < -0.3 is 15.3 Å². The van der Waals surface area contributed by atoms with E-state index >= 15 is 0 Å². The predicted molar refractivity (Wildman–Crippen MR) is 41.0 cm³/mol. The van der Waals surface area contributed by atoms with Crippen LogP contribution in [0.5, 0.6) is 0 Å². The van der Waals surface area contributed by atoms with E-state index in [0.29, 0.717) is 6.04 Å². The van der Waals surface area contributed by atoms with E-state index in [1.165, 1.54) is 0 Å². The van der Waals surface area contributed by atoms with Crippen molar-refractivity contribution in [3.8, 4) is 0 Å². The van der Waals surface area contributed by atoms with Gasteiger partial charge in [-0.2, -0.15) is 0 Å². The fourth-order valence-corrected chi connectivity index (χ4v) is 1.36. The van der Waals surface area contributed by atoms with Gasteiger partial charge in [-0.05, 0) is 27.1 Å². The Balaban J connectivity index is 2.40. The Morgan fingerprint density at radius 3 is 2.60 bits per heavy atom. The highest BCUT2D eigenvalue weighted by molar-refractivity contribution is 4.82. The Kier molecular flexibility index (Phi) is 2.65. The molecule has 1 heterocycles. The minimum atomic E-state index is -0.142. The summed E-state index contributed by atoms with van der Waals surface area (Å²) in [7, 11) is 4.00. The molecule has 0 unspecified atom stereocenters. The molecule has 1 aliphatic heterocycles. The Bertz CT molecular complexity index is 106. The topological polar surface area (TPSA) is 35.5 Å². The molecule has 0 aromatic heterocycles. The van der Waals surface area contributed by atoms with Gasteiger partial charge in [-0.3, -0.25) is 0 Å². The van der Waals surface area contributed by atoms with Crippen molar-refractivity contribution in [1.82, 2.24) is 10.2 Å². The maximum absolute atomic E-state index is 9.46. The summed E-state index contributed by atoms with van der Waals surface area (Å²) < 4.78 is 0. The second-order valence-electron chi connectivity index (χ2n) is 3.09. The predicted octanol–water partition coefficient (Wildman–Crippen LogP) is -0.729. The number of hydrogen-bond acceptors (Lipinski definition) is 3. The van der Waals surface area contributed by atoms with E-state index in [1.54, 1.807) is 0 Å². The number of nitrogens with one attached hydrogen (secondary N) is 1. The lowest BCUT2D eigenvalue weighted by Crippen LogP contribution is -2.51. The number of piperidine rings is 1. The molecular weight excluding hydrogens is 128 g/mol. The van der Waals surface area contributed by atoms with Crippen molar-refractivity contribution in [2.24, 2.45) is 0 Å². The van der Waals surface area contributed by atoms with Gasteiger partial charge in [0.25, 0.3) is 0 Å². The SMILES string of the molecule is CN(C)[C@@H]1CNCC[C@@H]1O. The fraction of sp³-hybridized carbons (Fsp3) is 1.00. The van der Waals surface area contributed by atoms with Crippen molar-refractivity contribution >= 4 is 0 Å². The van der Waals surface area contributed by atoms with Crippen LogP contribution in [0.4, 0.5) is 0 Å². The normalized spacial score (nSPS) is 34.8. The molecule has 1 rings (SSSR count). The van der Waals surface area contributed by atoms with Crippen LogP contribution in [0.25, 0.3) is 0 Å². The molecule has 0 aromatic rings. The van der Waals surface area contributed by atoms with Gasteiger partial charge in [-0.25, -0.2) is 0 Å². The maximum atomic E-state index is 9.46. The minimum Gasteiger partial charge on any atom is -0.391 e. The average molecular weight is 144 g/mol. The van der Waals surface area contributed by atoms with Crippen LogP contribution in [0.1, 0.15) is 6.42 Å². The van der Waals surface area contributed by atoms with E-state index in [-0.39, 0.29) is 6.10 Å². The molecular formula is C7H16N2O. The van der Waals surface area contributed by atoms with Gasteiger partial charge in [-0.15, -0.1) is 0 Å².